The Hall–Kier alpha value is -3.23. The van der Waals surface area contributed by atoms with Crippen molar-refractivity contribution < 1.29 is 22.7 Å². The first kappa shape index (κ1) is 21.0. The summed E-state index contributed by atoms with van der Waals surface area (Å²) in [6.07, 6.45) is 0. The van der Waals surface area contributed by atoms with Crippen molar-refractivity contribution in [2.75, 3.05) is 0 Å². The maximum atomic E-state index is 11.8. The number of halogens is 1. The van der Waals surface area contributed by atoms with Gasteiger partial charge in [0.15, 0.2) is 5.69 Å². The van der Waals surface area contributed by atoms with Gasteiger partial charge in [-0.3, -0.25) is 14.7 Å². The van der Waals surface area contributed by atoms with Crippen molar-refractivity contribution in [1.82, 2.24) is 15.0 Å². The molecule has 0 unspecified atom stereocenters. The van der Waals surface area contributed by atoms with Crippen molar-refractivity contribution in [3.05, 3.63) is 86.5 Å². The summed E-state index contributed by atoms with van der Waals surface area (Å²) < 4.78 is 34.2. The number of nitro groups is 1. The van der Waals surface area contributed by atoms with Crippen LogP contribution in [0.25, 0.3) is 22.8 Å². The molecule has 156 valence electrons. The zero-order valence-corrected chi connectivity index (χ0v) is 18.5. The molecule has 0 saturated heterocycles. The minimum absolute atomic E-state index is 0.0464. The second-order valence-corrected chi connectivity index (χ2v) is 8.96. The summed E-state index contributed by atoms with van der Waals surface area (Å²) in [6, 6.07) is 18.8. The molecule has 0 aliphatic rings. The van der Waals surface area contributed by atoms with E-state index in [0.29, 0.717) is 11.4 Å². The van der Waals surface area contributed by atoms with Gasteiger partial charge in [-0.05, 0) is 81.0 Å². The van der Waals surface area contributed by atoms with Crippen molar-refractivity contribution in [3.63, 3.8) is 0 Å². The molecular weight excluding hydrogens is 537 g/mol. The Bertz CT molecular complexity index is 1390. The number of hydrogen-bond donors (Lipinski definition) is 1. The molecule has 0 bridgehead atoms. The Balaban J connectivity index is 1.94. The first-order valence-electron chi connectivity index (χ1n) is 8.71. The number of nitrogens with zero attached hydrogens (tertiary/aromatic N) is 5. The highest BCUT2D eigenvalue weighted by atomic mass is 127. The van der Waals surface area contributed by atoms with Gasteiger partial charge >= 0.3 is 5.82 Å². The molecule has 1 N–H and O–H groups in total. The highest BCUT2D eigenvalue weighted by Crippen LogP contribution is 2.24. The lowest BCUT2D eigenvalue weighted by Gasteiger charge is -2.00. The van der Waals surface area contributed by atoms with Crippen LogP contribution in [-0.2, 0) is 10.1 Å². The number of benzene rings is 3. The predicted molar refractivity (Wildman–Crippen MR) is 118 cm³/mol. The second-order valence-electron chi connectivity index (χ2n) is 6.32. The average molecular weight is 550 g/mol. The summed E-state index contributed by atoms with van der Waals surface area (Å²) in [5.74, 6) is 0.0464. The van der Waals surface area contributed by atoms with Crippen LogP contribution in [0.3, 0.4) is 0 Å². The molecule has 1 heterocycles. The molecule has 10 nitrogen and oxygen atoms in total. The van der Waals surface area contributed by atoms with Crippen LogP contribution < -0.4 is 4.80 Å². The molecule has 0 atom stereocenters. The fourth-order valence-electron chi connectivity index (χ4n) is 2.88. The van der Waals surface area contributed by atoms with E-state index in [-0.39, 0.29) is 22.0 Å². The topological polar surface area (TPSA) is 132 Å². The van der Waals surface area contributed by atoms with Gasteiger partial charge in [0.25, 0.3) is 15.8 Å². The first-order valence-corrected chi connectivity index (χ1v) is 11.2. The van der Waals surface area contributed by atoms with Gasteiger partial charge in [0.05, 0.1) is 15.6 Å². The van der Waals surface area contributed by atoms with E-state index in [1.54, 1.807) is 18.2 Å². The number of non-ortho nitro benzene ring substituents is 1. The Labute approximate surface area is 189 Å². The highest BCUT2D eigenvalue weighted by molar-refractivity contribution is 14.1. The van der Waals surface area contributed by atoms with Crippen molar-refractivity contribution in [2.24, 2.45) is 0 Å². The van der Waals surface area contributed by atoms with E-state index in [2.05, 4.69) is 32.8 Å². The predicted octanol–water partition coefficient (Wildman–Crippen LogP) is 2.97. The number of tetrazole rings is 1. The van der Waals surface area contributed by atoms with Gasteiger partial charge in [-0.1, -0.05) is 12.1 Å². The molecule has 0 radical (unpaired) electrons. The van der Waals surface area contributed by atoms with Crippen LogP contribution in [0.2, 0.25) is 0 Å². The Kier molecular flexibility index (Phi) is 5.51. The Morgan fingerprint density at radius 2 is 1.65 bits per heavy atom. The molecule has 4 aromatic rings. The zero-order chi connectivity index (χ0) is 22.2. The molecule has 3 aromatic carbocycles. The number of nitro benzene ring substituents is 1. The standard InChI is InChI=1S/C19H12IN5O5S/c20-13-5-7-14(8-6-13)23-21-19(17-3-1-2-4-18(17)31(28,29)30)22-24(23)15-9-11-16(12-10-15)25(26)27/h1-12H/p+1. The summed E-state index contributed by atoms with van der Waals surface area (Å²) in [7, 11) is -4.51. The SMILES string of the molecule is O=[N+]([O-])c1ccc(-[n+]2nc(-c3ccccc3S(=O)(=O)O)nn2-c2ccc(I)cc2)cc1. The molecule has 0 saturated carbocycles. The summed E-state index contributed by atoms with van der Waals surface area (Å²) in [5, 5.41) is 19.8. The fraction of sp³-hybridized carbons (Fsp3) is 0. The van der Waals surface area contributed by atoms with Crippen LogP contribution in [0, 0.1) is 13.7 Å². The third kappa shape index (κ3) is 4.30. The normalized spacial score (nSPS) is 11.4. The van der Waals surface area contributed by atoms with Gasteiger partial charge in [-0.15, -0.1) is 0 Å². The van der Waals surface area contributed by atoms with Crippen molar-refractivity contribution in [2.45, 2.75) is 4.90 Å². The molecule has 0 aliphatic carbocycles. The summed E-state index contributed by atoms with van der Waals surface area (Å²) >= 11 is 2.16. The Morgan fingerprint density at radius 1 is 1.00 bits per heavy atom. The maximum Gasteiger partial charge on any atom is 0.341 e. The van der Waals surface area contributed by atoms with Crippen molar-refractivity contribution in [3.8, 4) is 22.8 Å². The lowest BCUT2D eigenvalue weighted by atomic mass is 10.2. The first-order chi connectivity index (χ1) is 14.7. The van der Waals surface area contributed by atoms with E-state index in [0.717, 1.165) is 3.57 Å². The molecule has 0 fully saturated rings. The lowest BCUT2D eigenvalue weighted by Crippen LogP contribution is -2.43. The zero-order valence-electron chi connectivity index (χ0n) is 15.5. The molecule has 0 spiro atoms. The van der Waals surface area contributed by atoms with Crippen LogP contribution in [0.4, 0.5) is 5.69 Å². The summed E-state index contributed by atoms with van der Waals surface area (Å²) in [5.41, 5.74) is 1.13. The van der Waals surface area contributed by atoms with Crippen LogP contribution in [0.1, 0.15) is 0 Å². The summed E-state index contributed by atoms with van der Waals surface area (Å²) in [6.45, 7) is 0. The number of rotatable bonds is 5. The largest absolute Gasteiger partial charge is 0.341 e. The van der Waals surface area contributed by atoms with E-state index >= 15 is 0 Å². The van der Waals surface area contributed by atoms with E-state index in [1.807, 2.05) is 12.1 Å². The van der Waals surface area contributed by atoms with E-state index in [4.69, 9.17) is 0 Å². The lowest BCUT2D eigenvalue weighted by molar-refractivity contribution is -0.734. The molecule has 4 rings (SSSR count). The van der Waals surface area contributed by atoms with Crippen LogP contribution >= 0.6 is 22.6 Å². The quantitative estimate of drug-likeness (QED) is 0.133. The van der Waals surface area contributed by atoms with Crippen LogP contribution in [0.5, 0.6) is 0 Å². The van der Waals surface area contributed by atoms with Crippen LogP contribution in [-0.4, -0.2) is 32.9 Å². The average Bonchev–Trinajstić information content (AvgIpc) is 3.19. The molecule has 0 aliphatic heterocycles. The molecule has 31 heavy (non-hydrogen) atoms. The molecule has 1 aromatic heterocycles. The van der Waals surface area contributed by atoms with E-state index in [9.17, 15) is 23.1 Å². The van der Waals surface area contributed by atoms with Crippen molar-refractivity contribution >= 4 is 38.4 Å². The Morgan fingerprint density at radius 3 is 2.26 bits per heavy atom. The van der Waals surface area contributed by atoms with Gasteiger partial charge < -0.3 is 0 Å². The smallest absolute Gasteiger partial charge is 0.282 e. The van der Waals surface area contributed by atoms with E-state index < -0.39 is 15.0 Å². The van der Waals surface area contributed by atoms with Gasteiger partial charge in [-0.25, -0.2) is 0 Å². The van der Waals surface area contributed by atoms with Gasteiger partial charge in [0.1, 0.15) is 10.6 Å². The van der Waals surface area contributed by atoms with E-state index in [1.165, 1.54) is 52.1 Å². The highest BCUT2D eigenvalue weighted by Gasteiger charge is 2.28. The molecule has 0 amide bonds. The van der Waals surface area contributed by atoms with Crippen molar-refractivity contribution in [1.29, 1.82) is 0 Å². The van der Waals surface area contributed by atoms with Crippen LogP contribution in [0.15, 0.2) is 77.7 Å². The molecule has 12 heteroatoms. The van der Waals surface area contributed by atoms with Gasteiger partial charge in [0, 0.05) is 20.5 Å². The second kappa shape index (κ2) is 8.13. The van der Waals surface area contributed by atoms with Gasteiger partial charge in [0.2, 0.25) is 0 Å². The third-order valence-electron chi connectivity index (χ3n) is 4.31. The fourth-order valence-corrected chi connectivity index (χ4v) is 3.93. The minimum Gasteiger partial charge on any atom is -0.282 e. The third-order valence-corrected chi connectivity index (χ3v) is 5.94. The monoisotopic (exact) mass is 550 g/mol. The summed E-state index contributed by atoms with van der Waals surface area (Å²) in [4.78, 5) is 13.0. The number of hydrogen-bond acceptors (Lipinski definition) is 6. The molecular formula is C19H13IN5O5S+. The van der Waals surface area contributed by atoms with Gasteiger partial charge in [-0.2, -0.15) is 8.42 Å². The minimum atomic E-state index is -4.51. The number of aromatic nitrogens is 4. The maximum absolute atomic E-state index is 11.8.